The highest BCUT2D eigenvalue weighted by Gasteiger charge is 2.23. The van der Waals surface area contributed by atoms with Gasteiger partial charge < -0.3 is 15.2 Å². The van der Waals surface area contributed by atoms with E-state index in [9.17, 15) is 18.0 Å². The van der Waals surface area contributed by atoms with E-state index in [2.05, 4.69) is 26.0 Å². The number of carbonyl (C=O) groups is 2. The molecule has 1 atom stereocenters. The third-order valence-electron chi connectivity index (χ3n) is 4.10. The number of carboxylic acid groups (broad SMARTS) is 1. The molecule has 0 unspecified atom stereocenters. The first-order valence-electron chi connectivity index (χ1n) is 8.28. The number of rotatable bonds is 7. The van der Waals surface area contributed by atoms with Crippen molar-refractivity contribution < 1.29 is 27.9 Å². The summed E-state index contributed by atoms with van der Waals surface area (Å²) in [5.41, 5.74) is 0.391. The number of methoxy groups -OCH3 is 1. The third kappa shape index (κ3) is 5.61. The van der Waals surface area contributed by atoms with Crippen LogP contribution in [0.2, 0.25) is 0 Å². The van der Waals surface area contributed by atoms with Crippen molar-refractivity contribution in [2.45, 2.75) is 17.9 Å². The number of anilines is 2. The first-order valence-corrected chi connectivity index (χ1v) is 10.6. The van der Waals surface area contributed by atoms with Gasteiger partial charge in [0.2, 0.25) is 5.91 Å². The molecular weight excluding hydrogens is 466 g/mol. The van der Waals surface area contributed by atoms with Crippen LogP contribution in [0.3, 0.4) is 0 Å². The van der Waals surface area contributed by atoms with Gasteiger partial charge in [-0.25, -0.2) is 13.2 Å². The van der Waals surface area contributed by atoms with Crippen molar-refractivity contribution >= 4 is 49.3 Å². The SMILES string of the molecule is COc1ccc(NC(=O)[C@H](C)N(C)C(=O)O)cc1NS(=O)(=O)c1ccc(Br)cc1. The molecule has 9 nitrogen and oxygen atoms in total. The lowest BCUT2D eigenvalue weighted by atomic mass is 10.2. The van der Waals surface area contributed by atoms with Gasteiger partial charge in [0, 0.05) is 17.2 Å². The molecule has 0 aliphatic rings. The number of amides is 2. The Morgan fingerprint density at radius 3 is 2.34 bits per heavy atom. The Bertz CT molecular complexity index is 1010. The molecule has 3 N–H and O–H groups in total. The zero-order chi connectivity index (χ0) is 21.8. The first kappa shape index (κ1) is 22.5. The molecule has 0 heterocycles. The lowest BCUT2D eigenvalue weighted by molar-refractivity contribution is -0.119. The van der Waals surface area contributed by atoms with Crippen LogP contribution in [0.4, 0.5) is 16.2 Å². The number of halogens is 1. The lowest BCUT2D eigenvalue weighted by Crippen LogP contribution is -2.42. The average molecular weight is 486 g/mol. The second kappa shape index (κ2) is 9.14. The summed E-state index contributed by atoms with van der Waals surface area (Å²) in [7, 11) is -1.24. The first-order chi connectivity index (χ1) is 13.5. The number of ether oxygens (including phenoxy) is 1. The average Bonchev–Trinajstić information content (AvgIpc) is 2.67. The van der Waals surface area contributed by atoms with Crippen LogP contribution in [0.15, 0.2) is 51.8 Å². The predicted octanol–water partition coefficient (Wildman–Crippen LogP) is 3.20. The normalized spacial score (nSPS) is 12.0. The molecule has 11 heteroatoms. The Kier molecular flexibility index (Phi) is 7.09. The van der Waals surface area contributed by atoms with Gasteiger partial charge in [-0.05, 0) is 49.4 Å². The van der Waals surface area contributed by atoms with E-state index in [1.807, 2.05) is 0 Å². The van der Waals surface area contributed by atoms with Crippen LogP contribution in [0, 0.1) is 0 Å². The Morgan fingerprint density at radius 1 is 1.17 bits per heavy atom. The summed E-state index contributed by atoms with van der Waals surface area (Å²) in [6.07, 6.45) is -1.25. The fraction of sp³-hybridized carbons (Fsp3) is 0.222. The third-order valence-corrected chi connectivity index (χ3v) is 6.01. The number of hydrogen-bond acceptors (Lipinski definition) is 5. The maximum Gasteiger partial charge on any atom is 0.407 e. The molecule has 0 aromatic heterocycles. The van der Waals surface area contributed by atoms with Crippen LogP contribution in [-0.2, 0) is 14.8 Å². The maximum atomic E-state index is 12.6. The lowest BCUT2D eigenvalue weighted by Gasteiger charge is -2.21. The van der Waals surface area contributed by atoms with Crippen LogP contribution >= 0.6 is 15.9 Å². The molecule has 0 radical (unpaired) electrons. The Balaban J connectivity index is 2.28. The van der Waals surface area contributed by atoms with Crippen molar-refractivity contribution in [3.05, 3.63) is 46.9 Å². The van der Waals surface area contributed by atoms with Crippen molar-refractivity contribution in [3.63, 3.8) is 0 Å². The van der Waals surface area contributed by atoms with Gasteiger partial charge >= 0.3 is 6.09 Å². The van der Waals surface area contributed by atoms with Crippen molar-refractivity contribution in [1.82, 2.24) is 4.90 Å². The summed E-state index contributed by atoms with van der Waals surface area (Å²) < 4.78 is 33.7. The summed E-state index contributed by atoms with van der Waals surface area (Å²) in [6, 6.07) is 9.52. The van der Waals surface area contributed by atoms with Crippen molar-refractivity contribution in [2.75, 3.05) is 24.2 Å². The van der Waals surface area contributed by atoms with Crippen molar-refractivity contribution in [1.29, 1.82) is 0 Å². The van der Waals surface area contributed by atoms with Gasteiger partial charge in [0.15, 0.2) is 0 Å². The minimum Gasteiger partial charge on any atom is -0.495 e. The summed E-state index contributed by atoms with van der Waals surface area (Å²) in [6.45, 7) is 1.43. The van der Waals surface area contributed by atoms with E-state index in [0.717, 1.165) is 9.37 Å². The second-order valence-corrected chi connectivity index (χ2v) is 8.63. The zero-order valence-electron chi connectivity index (χ0n) is 15.8. The number of hydrogen-bond donors (Lipinski definition) is 3. The Morgan fingerprint density at radius 2 is 1.79 bits per heavy atom. The molecule has 0 aliphatic heterocycles. The van der Waals surface area contributed by atoms with Crippen LogP contribution in [-0.4, -0.2) is 50.6 Å². The standard InChI is InChI=1S/C18H20BrN3O6S/c1-11(22(2)18(24)25)17(23)20-13-6-9-16(28-3)15(10-13)21-29(26,27)14-7-4-12(19)5-8-14/h4-11,21H,1-3H3,(H,20,23)(H,24,25)/t11-/m0/s1. The van der Waals surface area contributed by atoms with Crippen LogP contribution < -0.4 is 14.8 Å². The van der Waals surface area contributed by atoms with E-state index in [1.54, 1.807) is 12.1 Å². The van der Waals surface area contributed by atoms with E-state index in [1.165, 1.54) is 51.4 Å². The molecule has 2 rings (SSSR count). The molecule has 29 heavy (non-hydrogen) atoms. The van der Waals surface area contributed by atoms with Gasteiger partial charge in [-0.3, -0.25) is 14.4 Å². The molecule has 0 aliphatic carbocycles. The Hall–Kier alpha value is -2.79. The van der Waals surface area contributed by atoms with Crippen molar-refractivity contribution in [3.8, 4) is 5.75 Å². The molecule has 2 aromatic rings. The number of likely N-dealkylation sites (N-methyl/N-ethyl adjacent to an activating group) is 1. The summed E-state index contributed by atoms with van der Waals surface area (Å²) in [5, 5.41) is 11.5. The van der Waals surface area contributed by atoms with Crippen LogP contribution in [0.1, 0.15) is 6.92 Å². The second-order valence-electron chi connectivity index (χ2n) is 6.03. The van der Waals surface area contributed by atoms with Crippen LogP contribution in [0.25, 0.3) is 0 Å². The summed E-state index contributed by atoms with van der Waals surface area (Å²) in [5.74, 6) is -0.318. The van der Waals surface area contributed by atoms with Gasteiger partial charge in [-0.1, -0.05) is 15.9 Å². The number of sulfonamides is 1. The Labute approximate surface area is 176 Å². The molecule has 156 valence electrons. The minimum absolute atomic E-state index is 0.0499. The molecule has 0 saturated carbocycles. The predicted molar refractivity (Wildman–Crippen MR) is 112 cm³/mol. The molecule has 2 aromatic carbocycles. The fourth-order valence-electron chi connectivity index (χ4n) is 2.27. The van der Waals surface area contributed by atoms with E-state index < -0.39 is 28.1 Å². The minimum atomic E-state index is -3.90. The highest BCUT2D eigenvalue weighted by molar-refractivity contribution is 9.10. The highest BCUT2D eigenvalue weighted by Crippen LogP contribution is 2.30. The van der Waals surface area contributed by atoms with Crippen LogP contribution in [0.5, 0.6) is 5.75 Å². The smallest absolute Gasteiger partial charge is 0.407 e. The van der Waals surface area contributed by atoms with Crippen molar-refractivity contribution in [2.24, 2.45) is 0 Å². The molecule has 0 saturated heterocycles. The number of carbonyl (C=O) groups excluding carboxylic acids is 1. The van der Waals surface area contributed by atoms with E-state index in [4.69, 9.17) is 9.84 Å². The van der Waals surface area contributed by atoms with Gasteiger partial charge in [0.05, 0.1) is 17.7 Å². The van der Waals surface area contributed by atoms with Gasteiger partial charge in [0.1, 0.15) is 11.8 Å². The quantitative estimate of drug-likeness (QED) is 0.552. The maximum absolute atomic E-state index is 12.6. The molecular formula is C18H20BrN3O6S. The van der Waals surface area contributed by atoms with Gasteiger partial charge in [-0.2, -0.15) is 0 Å². The van der Waals surface area contributed by atoms with E-state index >= 15 is 0 Å². The molecule has 0 bridgehead atoms. The van der Waals surface area contributed by atoms with Gasteiger partial charge in [0.25, 0.3) is 10.0 Å². The number of benzene rings is 2. The molecule has 0 fully saturated rings. The fourth-order valence-corrected chi connectivity index (χ4v) is 3.60. The summed E-state index contributed by atoms with van der Waals surface area (Å²) in [4.78, 5) is 24.2. The molecule has 0 spiro atoms. The monoisotopic (exact) mass is 485 g/mol. The summed E-state index contributed by atoms with van der Waals surface area (Å²) >= 11 is 3.25. The zero-order valence-corrected chi connectivity index (χ0v) is 18.2. The van der Waals surface area contributed by atoms with Gasteiger partial charge in [-0.15, -0.1) is 0 Å². The van der Waals surface area contributed by atoms with E-state index in [-0.39, 0.29) is 22.0 Å². The molecule has 2 amide bonds. The number of nitrogens with zero attached hydrogens (tertiary/aromatic N) is 1. The topological polar surface area (TPSA) is 125 Å². The number of nitrogens with one attached hydrogen (secondary N) is 2. The van der Waals surface area contributed by atoms with E-state index in [0.29, 0.717) is 0 Å². The highest BCUT2D eigenvalue weighted by atomic mass is 79.9. The largest absolute Gasteiger partial charge is 0.495 e.